The summed E-state index contributed by atoms with van der Waals surface area (Å²) in [6, 6.07) is 7.44. The average Bonchev–Trinajstić information content (AvgIpc) is 2.35. The second-order valence-corrected chi connectivity index (χ2v) is 7.02. The fourth-order valence-electron chi connectivity index (χ4n) is 3.34. The zero-order chi connectivity index (χ0) is 14.7. The summed E-state index contributed by atoms with van der Waals surface area (Å²) in [4.78, 5) is 2.59. The molecule has 1 heterocycles. The molecule has 0 saturated carbocycles. The highest BCUT2D eigenvalue weighted by molar-refractivity contribution is 5.55. The van der Waals surface area contributed by atoms with E-state index < -0.39 is 0 Å². The normalized spacial score (nSPS) is 23.4. The van der Waals surface area contributed by atoms with Crippen molar-refractivity contribution in [3.05, 3.63) is 29.3 Å². The van der Waals surface area contributed by atoms with Crippen LogP contribution >= 0.6 is 0 Å². The first-order chi connectivity index (χ1) is 9.45. The highest BCUT2D eigenvalue weighted by atomic mass is 15.1. The van der Waals surface area contributed by atoms with Crippen molar-refractivity contribution >= 4 is 5.69 Å². The molecule has 0 aromatic heterocycles. The molecule has 0 amide bonds. The third-order valence-corrected chi connectivity index (χ3v) is 4.15. The Morgan fingerprint density at radius 2 is 1.85 bits per heavy atom. The first kappa shape index (κ1) is 15.4. The minimum Gasteiger partial charge on any atom is -0.371 e. The van der Waals surface area contributed by atoms with Gasteiger partial charge in [-0.05, 0) is 36.8 Å². The van der Waals surface area contributed by atoms with E-state index in [-0.39, 0.29) is 0 Å². The summed E-state index contributed by atoms with van der Waals surface area (Å²) in [6.07, 6.45) is 1.36. The molecule has 1 aliphatic rings. The van der Waals surface area contributed by atoms with Crippen LogP contribution in [0.5, 0.6) is 0 Å². The van der Waals surface area contributed by atoms with Crippen LogP contribution in [0.15, 0.2) is 18.2 Å². The van der Waals surface area contributed by atoms with E-state index in [4.69, 9.17) is 0 Å². The maximum Gasteiger partial charge on any atom is 0.0412 e. The van der Waals surface area contributed by atoms with Crippen molar-refractivity contribution in [2.45, 2.75) is 53.6 Å². The van der Waals surface area contributed by atoms with Crippen LogP contribution in [-0.4, -0.2) is 19.1 Å². The number of rotatable bonds is 4. The van der Waals surface area contributed by atoms with E-state index in [0.29, 0.717) is 6.04 Å². The second kappa shape index (κ2) is 6.62. The molecule has 1 saturated heterocycles. The highest BCUT2D eigenvalue weighted by Crippen LogP contribution is 2.29. The van der Waals surface area contributed by atoms with E-state index in [9.17, 15) is 0 Å². The minimum atomic E-state index is 0.530. The minimum absolute atomic E-state index is 0.530. The summed E-state index contributed by atoms with van der Waals surface area (Å²) in [5.41, 5.74) is 4.23. The van der Waals surface area contributed by atoms with Crippen molar-refractivity contribution in [1.82, 2.24) is 5.32 Å². The number of hydrogen-bond donors (Lipinski definition) is 1. The molecule has 0 aliphatic carbocycles. The fourth-order valence-corrected chi connectivity index (χ4v) is 3.34. The van der Waals surface area contributed by atoms with Gasteiger partial charge in [-0.25, -0.2) is 0 Å². The van der Waals surface area contributed by atoms with Crippen molar-refractivity contribution in [2.24, 2.45) is 11.8 Å². The monoisotopic (exact) mass is 274 g/mol. The lowest BCUT2D eigenvalue weighted by molar-refractivity contribution is 0.356. The van der Waals surface area contributed by atoms with Crippen molar-refractivity contribution in [3.8, 4) is 0 Å². The summed E-state index contributed by atoms with van der Waals surface area (Å²) >= 11 is 0. The SMILES string of the molecule is Cc1ccc(N2CC(C)CC(C)C2)c(CNC(C)C)c1. The molecule has 1 aromatic carbocycles. The van der Waals surface area contributed by atoms with Gasteiger partial charge in [0.1, 0.15) is 0 Å². The van der Waals surface area contributed by atoms with Gasteiger partial charge in [0.15, 0.2) is 0 Å². The molecular weight excluding hydrogens is 244 g/mol. The smallest absolute Gasteiger partial charge is 0.0412 e. The topological polar surface area (TPSA) is 15.3 Å². The summed E-state index contributed by atoms with van der Waals surface area (Å²) in [5.74, 6) is 1.59. The van der Waals surface area contributed by atoms with Gasteiger partial charge in [-0.3, -0.25) is 0 Å². The van der Waals surface area contributed by atoms with E-state index in [1.807, 2.05) is 0 Å². The van der Waals surface area contributed by atoms with Crippen LogP contribution in [0, 0.1) is 18.8 Å². The van der Waals surface area contributed by atoms with Gasteiger partial charge in [-0.15, -0.1) is 0 Å². The predicted octanol–water partition coefficient (Wildman–Crippen LogP) is 3.98. The van der Waals surface area contributed by atoms with Gasteiger partial charge >= 0.3 is 0 Å². The molecule has 2 unspecified atom stereocenters. The molecule has 1 fully saturated rings. The third kappa shape index (κ3) is 3.99. The van der Waals surface area contributed by atoms with Gasteiger partial charge in [-0.1, -0.05) is 45.4 Å². The van der Waals surface area contributed by atoms with Crippen LogP contribution in [0.4, 0.5) is 5.69 Å². The molecule has 2 heteroatoms. The fraction of sp³-hybridized carbons (Fsp3) is 0.667. The van der Waals surface area contributed by atoms with Gasteiger partial charge in [0.25, 0.3) is 0 Å². The van der Waals surface area contributed by atoms with E-state index in [1.54, 1.807) is 0 Å². The molecule has 2 rings (SSSR count). The number of benzene rings is 1. The molecule has 1 aromatic rings. The van der Waals surface area contributed by atoms with Crippen LogP contribution in [-0.2, 0) is 6.54 Å². The molecule has 2 atom stereocenters. The average molecular weight is 274 g/mol. The third-order valence-electron chi connectivity index (χ3n) is 4.15. The van der Waals surface area contributed by atoms with Crippen LogP contribution in [0.3, 0.4) is 0 Å². The Bertz CT molecular complexity index is 429. The molecule has 20 heavy (non-hydrogen) atoms. The lowest BCUT2D eigenvalue weighted by Crippen LogP contribution is -2.39. The Hall–Kier alpha value is -1.02. The molecule has 0 bridgehead atoms. The molecule has 0 radical (unpaired) electrons. The van der Waals surface area contributed by atoms with Crippen LogP contribution < -0.4 is 10.2 Å². The Morgan fingerprint density at radius 3 is 2.45 bits per heavy atom. The summed E-state index contributed by atoms with van der Waals surface area (Å²) in [7, 11) is 0. The van der Waals surface area contributed by atoms with Crippen molar-refractivity contribution < 1.29 is 0 Å². The Kier molecular flexibility index (Phi) is 5.09. The number of nitrogens with one attached hydrogen (secondary N) is 1. The highest BCUT2D eigenvalue weighted by Gasteiger charge is 2.23. The van der Waals surface area contributed by atoms with Gasteiger partial charge in [0.2, 0.25) is 0 Å². The zero-order valence-electron chi connectivity index (χ0n) is 13.7. The largest absolute Gasteiger partial charge is 0.371 e. The van der Waals surface area contributed by atoms with Gasteiger partial charge in [-0.2, -0.15) is 0 Å². The Morgan fingerprint density at radius 1 is 1.20 bits per heavy atom. The van der Waals surface area contributed by atoms with Crippen LogP contribution in [0.2, 0.25) is 0 Å². The first-order valence-electron chi connectivity index (χ1n) is 8.03. The Balaban J connectivity index is 2.21. The Labute approximate surface area is 124 Å². The zero-order valence-corrected chi connectivity index (χ0v) is 13.7. The van der Waals surface area contributed by atoms with E-state index in [1.165, 1.54) is 36.3 Å². The van der Waals surface area contributed by atoms with Gasteiger partial charge in [0.05, 0.1) is 0 Å². The molecule has 1 aliphatic heterocycles. The summed E-state index contributed by atoms with van der Waals surface area (Å²) in [6.45, 7) is 14.7. The second-order valence-electron chi connectivity index (χ2n) is 7.02. The lowest BCUT2D eigenvalue weighted by atomic mass is 9.91. The van der Waals surface area contributed by atoms with Gasteiger partial charge in [0, 0.05) is 31.4 Å². The van der Waals surface area contributed by atoms with Crippen LogP contribution in [0.1, 0.15) is 45.2 Å². The predicted molar refractivity (Wildman–Crippen MR) is 88.3 cm³/mol. The maximum absolute atomic E-state index is 3.56. The quantitative estimate of drug-likeness (QED) is 0.893. The molecule has 0 spiro atoms. The number of nitrogens with zero attached hydrogens (tertiary/aromatic N) is 1. The molecule has 112 valence electrons. The molecule has 1 N–H and O–H groups in total. The summed E-state index contributed by atoms with van der Waals surface area (Å²) < 4.78 is 0. The number of aryl methyl sites for hydroxylation is 1. The van der Waals surface area contributed by atoms with Gasteiger partial charge < -0.3 is 10.2 Å². The summed E-state index contributed by atoms with van der Waals surface area (Å²) in [5, 5.41) is 3.56. The maximum atomic E-state index is 3.56. The number of anilines is 1. The van der Waals surface area contributed by atoms with E-state index in [0.717, 1.165) is 18.4 Å². The van der Waals surface area contributed by atoms with Crippen molar-refractivity contribution in [1.29, 1.82) is 0 Å². The van der Waals surface area contributed by atoms with E-state index in [2.05, 4.69) is 63.0 Å². The van der Waals surface area contributed by atoms with E-state index >= 15 is 0 Å². The number of piperidine rings is 1. The van der Waals surface area contributed by atoms with Crippen molar-refractivity contribution in [2.75, 3.05) is 18.0 Å². The first-order valence-corrected chi connectivity index (χ1v) is 8.03. The number of hydrogen-bond acceptors (Lipinski definition) is 2. The lowest BCUT2D eigenvalue weighted by Gasteiger charge is -2.38. The van der Waals surface area contributed by atoms with Crippen molar-refractivity contribution in [3.63, 3.8) is 0 Å². The standard InChI is InChI=1S/C18H30N2/c1-13(2)19-10-17-9-14(3)6-7-18(17)20-11-15(4)8-16(5)12-20/h6-7,9,13,15-16,19H,8,10-12H2,1-5H3. The van der Waals surface area contributed by atoms with Crippen LogP contribution in [0.25, 0.3) is 0 Å². The molecular formula is C18H30N2. The molecule has 2 nitrogen and oxygen atoms in total.